The summed E-state index contributed by atoms with van der Waals surface area (Å²) in [7, 11) is 1.27. The second-order valence-corrected chi connectivity index (χ2v) is 6.78. The predicted octanol–water partition coefficient (Wildman–Crippen LogP) is 1.64. The number of carbonyl (C=O) groups is 3. The Balaban J connectivity index is 1.36. The fraction of sp³-hybridized carbons (Fsp3) is 0.250. The summed E-state index contributed by atoms with van der Waals surface area (Å²) < 4.78 is 11.2. The molecule has 4 rings (SSSR count). The van der Waals surface area contributed by atoms with Gasteiger partial charge in [0.1, 0.15) is 0 Å². The van der Waals surface area contributed by atoms with E-state index in [2.05, 4.69) is 20.4 Å². The number of hydrogen-bond donors (Lipinski definition) is 1. The molecular weight excluding hydrogens is 404 g/mol. The van der Waals surface area contributed by atoms with Gasteiger partial charge in [-0.2, -0.15) is 0 Å². The van der Waals surface area contributed by atoms with Gasteiger partial charge in [-0.05, 0) is 30.3 Å². The van der Waals surface area contributed by atoms with Crippen molar-refractivity contribution in [2.45, 2.75) is 0 Å². The Hall–Kier alpha value is -4.15. The first-order valence-corrected chi connectivity index (χ1v) is 9.55. The van der Waals surface area contributed by atoms with Crippen molar-refractivity contribution in [3.63, 3.8) is 0 Å². The molecule has 1 aliphatic heterocycles. The number of amides is 3. The average molecular weight is 424 g/mol. The Bertz CT molecular complexity index is 1090. The Morgan fingerprint density at radius 3 is 2.55 bits per heavy atom. The van der Waals surface area contributed by atoms with Crippen LogP contribution in [-0.4, -0.2) is 76.0 Å². The molecule has 1 N–H and O–H groups in total. The van der Waals surface area contributed by atoms with Crippen LogP contribution in [0.1, 0.15) is 21.0 Å². The highest BCUT2D eigenvalue weighted by molar-refractivity contribution is 5.92. The van der Waals surface area contributed by atoms with Crippen molar-refractivity contribution in [2.75, 3.05) is 38.6 Å². The Labute approximate surface area is 177 Å². The molecule has 3 heterocycles. The molecule has 0 unspecified atom stereocenters. The topological polar surface area (TPSA) is 123 Å². The number of esters is 1. The Kier molecular flexibility index (Phi) is 5.65. The maximum absolute atomic E-state index is 12.6. The first kappa shape index (κ1) is 20.1. The SMILES string of the molecule is COC(=O)c1cn(-c2cccc(NC(=O)N3CCN(C(=O)c4ccco4)CC3)c2)nn1. The number of carbonyl (C=O) groups excluding carboxylic acids is 3. The molecule has 3 amide bonds. The maximum Gasteiger partial charge on any atom is 0.360 e. The van der Waals surface area contributed by atoms with Crippen molar-refractivity contribution in [2.24, 2.45) is 0 Å². The third-order valence-corrected chi connectivity index (χ3v) is 4.84. The summed E-state index contributed by atoms with van der Waals surface area (Å²) in [5.41, 5.74) is 1.26. The minimum atomic E-state index is -0.583. The molecule has 0 saturated carbocycles. The highest BCUT2D eigenvalue weighted by atomic mass is 16.5. The van der Waals surface area contributed by atoms with Crippen molar-refractivity contribution in [1.29, 1.82) is 0 Å². The molecule has 0 spiro atoms. The number of rotatable bonds is 4. The molecule has 11 heteroatoms. The van der Waals surface area contributed by atoms with Gasteiger partial charge >= 0.3 is 12.0 Å². The van der Waals surface area contributed by atoms with E-state index in [9.17, 15) is 14.4 Å². The van der Waals surface area contributed by atoms with Crippen LogP contribution in [0.5, 0.6) is 0 Å². The number of nitrogens with zero attached hydrogens (tertiary/aromatic N) is 5. The summed E-state index contributed by atoms with van der Waals surface area (Å²) in [6.45, 7) is 1.65. The van der Waals surface area contributed by atoms with E-state index in [1.807, 2.05) is 0 Å². The number of urea groups is 1. The summed E-state index contributed by atoms with van der Waals surface area (Å²) in [5, 5.41) is 10.5. The number of benzene rings is 1. The van der Waals surface area contributed by atoms with Crippen LogP contribution < -0.4 is 5.32 Å². The Morgan fingerprint density at radius 1 is 1.06 bits per heavy atom. The lowest BCUT2D eigenvalue weighted by Gasteiger charge is -2.34. The van der Waals surface area contributed by atoms with Gasteiger partial charge in [-0.15, -0.1) is 5.10 Å². The molecule has 1 fully saturated rings. The van der Waals surface area contributed by atoms with Gasteiger partial charge < -0.3 is 24.3 Å². The van der Waals surface area contributed by atoms with Crippen molar-refractivity contribution in [3.05, 3.63) is 60.3 Å². The van der Waals surface area contributed by atoms with Crippen molar-refractivity contribution in [3.8, 4) is 5.69 Å². The molecule has 31 heavy (non-hydrogen) atoms. The molecule has 0 bridgehead atoms. The molecule has 160 valence electrons. The lowest BCUT2D eigenvalue weighted by molar-refractivity contribution is 0.0593. The lowest BCUT2D eigenvalue weighted by Crippen LogP contribution is -2.51. The van der Waals surface area contributed by atoms with Crippen LogP contribution in [0.3, 0.4) is 0 Å². The zero-order chi connectivity index (χ0) is 21.8. The van der Waals surface area contributed by atoms with Gasteiger partial charge in [0.2, 0.25) is 0 Å². The summed E-state index contributed by atoms with van der Waals surface area (Å²) in [5.74, 6) is -0.476. The third-order valence-electron chi connectivity index (χ3n) is 4.84. The summed E-state index contributed by atoms with van der Waals surface area (Å²) in [4.78, 5) is 39.8. The van der Waals surface area contributed by atoms with E-state index < -0.39 is 5.97 Å². The van der Waals surface area contributed by atoms with Crippen LogP contribution in [0.25, 0.3) is 5.69 Å². The van der Waals surface area contributed by atoms with Crippen molar-refractivity contribution in [1.82, 2.24) is 24.8 Å². The quantitative estimate of drug-likeness (QED) is 0.632. The first-order chi connectivity index (χ1) is 15.0. The zero-order valence-corrected chi connectivity index (χ0v) is 16.7. The molecule has 0 aliphatic carbocycles. The van der Waals surface area contributed by atoms with E-state index in [1.165, 1.54) is 24.3 Å². The minimum Gasteiger partial charge on any atom is -0.464 e. The van der Waals surface area contributed by atoms with E-state index in [1.54, 1.807) is 46.2 Å². The molecular formula is C20H20N6O5. The normalized spacial score (nSPS) is 13.7. The second-order valence-electron chi connectivity index (χ2n) is 6.78. The van der Waals surface area contributed by atoms with Crippen LogP contribution in [0.2, 0.25) is 0 Å². The zero-order valence-electron chi connectivity index (χ0n) is 16.7. The van der Waals surface area contributed by atoms with Gasteiger partial charge in [-0.25, -0.2) is 14.3 Å². The van der Waals surface area contributed by atoms with E-state index >= 15 is 0 Å². The van der Waals surface area contributed by atoms with Gasteiger partial charge in [-0.1, -0.05) is 11.3 Å². The smallest absolute Gasteiger partial charge is 0.360 e. The molecule has 1 saturated heterocycles. The summed E-state index contributed by atoms with van der Waals surface area (Å²) in [6, 6.07) is 10.0. The van der Waals surface area contributed by atoms with E-state index in [0.29, 0.717) is 37.6 Å². The van der Waals surface area contributed by atoms with Gasteiger partial charge in [0.25, 0.3) is 5.91 Å². The molecule has 3 aromatic rings. The third kappa shape index (κ3) is 4.39. The average Bonchev–Trinajstić information content (AvgIpc) is 3.51. The number of methoxy groups -OCH3 is 1. The van der Waals surface area contributed by atoms with Gasteiger partial charge in [0, 0.05) is 31.9 Å². The second kappa shape index (κ2) is 8.69. The van der Waals surface area contributed by atoms with Gasteiger partial charge in [0.05, 0.1) is 25.3 Å². The minimum absolute atomic E-state index is 0.0823. The largest absolute Gasteiger partial charge is 0.464 e. The number of furan rings is 1. The van der Waals surface area contributed by atoms with E-state index in [0.717, 1.165) is 0 Å². The number of piperazine rings is 1. The standard InChI is InChI=1S/C20H20N6O5/c1-30-19(28)16-13-26(23-22-16)15-5-2-4-14(12-15)21-20(29)25-9-7-24(8-10-25)18(27)17-6-3-11-31-17/h2-6,11-13H,7-10H2,1H3,(H,21,29). The summed E-state index contributed by atoms with van der Waals surface area (Å²) >= 11 is 0. The number of aromatic nitrogens is 3. The predicted molar refractivity (Wildman–Crippen MR) is 108 cm³/mol. The highest BCUT2D eigenvalue weighted by Gasteiger charge is 2.26. The van der Waals surface area contributed by atoms with Crippen LogP contribution in [-0.2, 0) is 4.74 Å². The maximum atomic E-state index is 12.6. The van der Waals surface area contributed by atoms with Gasteiger partial charge in [-0.3, -0.25) is 4.79 Å². The van der Waals surface area contributed by atoms with Gasteiger partial charge in [0.15, 0.2) is 11.5 Å². The summed E-state index contributed by atoms with van der Waals surface area (Å²) in [6.07, 6.45) is 2.91. The van der Waals surface area contributed by atoms with Crippen molar-refractivity contribution < 1.29 is 23.5 Å². The van der Waals surface area contributed by atoms with Crippen molar-refractivity contribution >= 4 is 23.6 Å². The fourth-order valence-electron chi connectivity index (χ4n) is 3.19. The van der Waals surface area contributed by atoms with Crippen LogP contribution >= 0.6 is 0 Å². The van der Waals surface area contributed by atoms with E-state index in [4.69, 9.17) is 4.42 Å². The molecule has 0 radical (unpaired) electrons. The molecule has 2 aromatic heterocycles. The first-order valence-electron chi connectivity index (χ1n) is 9.55. The number of nitrogens with one attached hydrogen (secondary N) is 1. The molecule has 1 aliphatic rings. The van der Waals surface area contributed by atoms with E-state index in [-0.39, 0.29) is 23.4 Å². The molecule has 1 aromatic carbocycles. The van der Waals surface area contributed by atoms with Crippen LogP contribution in [0.4, 0.5) is 10.5 Å². The number of anilines is 1. The highest BCUT2D eigenvalue weighted by Crippen LogP contribution is 2.16. The number of ether oxygens (including phenoxy) is 1. The van der Waals surface area contributed by atoms with Crippen LogP contribution in [0, 0.1) is 0 Å². The Morgan fingerprint density at radius 2 is 1.84 bits per heavy atom. The fourth-order valence-corrected chi connectivity index (χ4v) is 3.19. The molecule has 0 atom stereocenters. The van der Waals surface area contributed by atoms with Crippen LogP contribution in [0.15, 0.2) is 53.3 Å². The monoisotopic (exact) mass is 424 g/mol. The molecule has 11 nitrogen and oxygen atoms in total. The lowest BCUT2D eigenvalue weighted by atomic mass is 10.2. The number of hydrogen-bond acceptors (Lipinski definition) is 7.